The Labute approximate surface area is 133 Å². The molecule has 0 saturated heterocycles. The van der Waals surface area contributed by atoms with Gasteiger partial charge < -0.3 is 5.11 Å². The summed E-state index contributed by atoms with van der Waals surface area (Å²) in [5, 5.41) is 10.4. The molecule has 1 aromatic carbocycles. The number of hydrogen-bond donors (Lipinski definition) is 1. The Bertz CT molecular complexity index is 693. The lowest BCUT2D eigenvalue weighted by molar-refractivity contribution is 0.0697. The molecule has 0 saturated carbocycles. The second-order valence-corrected chi connectivity index (χ2v) is 6.98. The zero-order valence-corrected chi connectivity index (χ0v) is 14.4. The highest BCUT2D eigenvalue weighted by atomic mass is 79.9. The lowest BCUT2D eigenvalue weighted by Crippen LogP contribution is -2.12. The normalized spacial score (nSPS) is 11.6. The van der Waals surface area contributed by atoms with Crippen molar-refractivity contribution in [1.82, 2.24) is 4.98 Å². The van der Waals surface area contributed by atoms with Crippen LogP contribution in [0.5, 0.6) is 0 Å². The van der Waals surface area contributed by atoms with Gasteiger partial charge in [-0.1, -0.05) is 49.7 Å². The van der Waals surface area contributed by atoms with Gasteiger partial charge in [-0.25, -0.2) is 4.79 Å². The van der Waals surface area contributed by atoms with Crippen LogP contribution in [-0.4, -0.2) is 16.1 Å². The number of hydrogen-bond acceptors (Lipinski definition) is 2. The fourth-order valence-corrected chi connectivity index (χ4v) is 3.05. The minimum absolute atomic E-state index is 0.130. The summed E-state index contributed by atoms with van der Waals surface area (Å²) in [4.78, 5) is 16.6. The van der Waals surface area contributed by atoms with E-state index in [-0.39, 0.29) is 5.92 Å². The minimum atomic E-state index is -0.876. The molecule has 1 N–H and O–H groups in total. The van der Waals surface area contributed by atoms with Crippen LogP contribution < -0.4 is 0 Å². The summed E-state index contributed by atoms with van der Waals surface area (Å²) in [5.74, 6) is -0.315. The zero-order valence-electron chi connectivity index (χ0n) is 12.8. The summed E-state index contributed by atoms with van der Waals surface area (Å²) < 4.78 is 0.909. The van der Waals surface area contributed by atoms with E-state index in [9.17, 15) is 9.90 Å². The number of carboxylic acid groups (broad SMARTS) is 1. The molecule has 0 aliphatic carbocycles. The first kappa shape index (κ1) is 16.0. The second kappa shape index (κ2) is 6.14. The van der Waals surface area contributed by atoms with Crippen LogP contribution in [0, 0.1) is 5.92 Å². The van der Waals surface area contributed by atoms with Crippen molar-refractivity contribution >= 4 is 32.8 Å². The monoisotopic (exact) mass is 349 g/mol. The largest absolute Gasteiger partial charge is 0.478 e. The third-order valence-corrected chi connectivity index (χ3v) is 3.95. The Kier molecular flexibility index (Phi) is 4.67. The highest BCUT2D eigenvalue weighted by Gasteiger charge is 2.22. The summed E-state index contributed by atoms with van der Waals surface area (Å²) in [6.45, 7) is 8.30. The molecule has 1 heterocycles. The fourth-order valence-electron chi connectivity index (χ4n) is 2.70. The van der Waals surface area contributed by atoms with E-state index in [1.54, 1.807) is 0 Å². The van der Waals surface area contributed by atoms with Gasteiger partial charge in [0, 0.05) is 15.6 Å². The van der Waals surface area contributed by atoms with Gasteiger partial charge in [-0.2, -0.15) is 0 Å². The molecule has 0 radical (unpaired) electrons. The van der Waals surface area contributed by atoms with Crippen LogP contribution in [0.15, 0.2) is 22.7 Å². The molecule has 0 bridgehead atoms. The zero-order chi connectivity index (χ0) is 15.7. The number of halogens is 1. The van der Waals surface area contributed by atoms with Crippen molar-refractivity contribution in [1.29, 1.82) is 0 Å². The molecule has 112 valence electrons. The van der Waals surface area contributed by atoms with Crippen LogP contribution in [0.4, 0.5) is 0 Å². The van der Waals surface area contributed by atoms with E-state index < -0.39 is 5.97 Å². The number of aromatic carboxylic acids is 1. The van der Waals surface area contributed by atoms with E-state index in [1.165, 1.54) is 0 Å². The third-order valence-electron chi connectivity index (χ3n) is 3.46. The Balaban J connectivity index is 2.87. The number of rotatable bonds is 4. The van der Waals surface area contributed by atoms with Gasteiger partial charge in [0.2, 0.25) is 0 Å². The topological polar surface area (TPSA) is 50.2 Å². The summed E-state index contributed by atoms with van der Waals surface area (Å²) in [5.41, 5.74) is 2.91. The Hall–Kier alpha value is -1.42. The highest BCUT2D eigenvalue weighted by molar-refractivity contribution is 9.10. The van der Waals surface area contributed by atoms with Crippen LogP contribution in [0.3, 0.4) is 0 Å². The van der Waals surface area contributed by atoms with Gasteiger partial charge in [0.1, 0.15) is 0 Å². The molecule has 0 amide bonds. The summed E-state index contributed by atoms with van der Waals surface area (Å²) in [7, 11) is 0. The number of aromatic nitrogens is 1. The summed E-state index contributed by atoms with van der Waals surface area (Å²) in [6, 6.07) is 5.58. The molecular formula is C17H20BrNO2. The highest BCUT2D eigenvalue weighted by Crippen LogP contribution is 2.32. The van der Waals surface area contributed by atoms with E-state index >= 15 is 0 Å². The van der Waals surface area contributed by atoms with Gasteiger partial charge in [-0.3, -0.25) is 4.98 Å². The van der Waals surface area contributed by atoms with Crippen LogP contribution in [0.1, 0.15) is 55.2 Å². The van der Waals surface area contributed by atoms with E-state index in [2.05, 4.69) is 29.8 Å². The number of pyridine rings is 1. The fraction of sp³-hybridized carbons (Fsp3) is 0.412. The average molecular weight is 350 g/mol. The summed E-state index contributed by atoms with van der Waals surface area (Å²) in [6.07, 6.45) is 0.788. The number of carboxylic acids is 1. The molecule has 21 heavy (non-hydrogen) atoms. The summed E-state index contributed by atoms with van der Waals surface area (Å²) >= 11 is 3.43. The van der Waals surface area contributed by atoms with Gasteiger partial charge in [0.25, 0.3) is 0 Å². The molecule has 0 spiro atoms. The lowest BCUT2D eigenvalue weighted by atomic mass is 9.89. The average Bonchev–Trinajstić information content (AvgIpc) is 2.35. The van der Waals surface area contributed by atoms with E-state index in [1.807, 2.05) is 32.0 Å². The Morgan fingerprint density at radius 1 is 1.29 bits per heavy atom. The SMILES string of the molecule is CC(C)Cc1nc2cc(Br)ccc2c(C(=O)O)c1C(C)C. The maximum absolute atomic E-state index is 11.8. The molecule has 4 heteroatoms. The van der Waals surface area contributed by atoms with E-state index in [4.69, 9.17) is 4.98 Å². The number of nitrogens with zero attached hydrogens (tertiary/aromatic N) is 1. The predicted octanol–water partition coefficient (Wildman–Crippen LogP) is 5.02. The number of fused-ring (bicyclic) bond motifs is 1. The first-order valence-corrected chi connectivity index (χ1v) is 7.95. The molecule has 2 rings (SSSR count). The van der Waals surface area contributed by atoms with Crippen molar-refractivity contribution in [3.05, 3.63) is 39.5 Å². The van der Waals surface area contributed by atoms with Gasteiger partial charge in [0.05, 0.1) is 11.1 Å². The van der Waals surface area contributed by atoms with Crippen molar-refractivity contribution in [2.45, 2.75) is 40.0 Å². The number of carbonyl (C=O) groups is 1. The standard InChI is InChI=1S/C17H20BrNO2/c1-9(2)7-14-15(10(3)4)16(17(20)21)12-6-5-11(18)8-13(12)19-14/h5-6,8-10H,7H2,1-4H3,(H,20,21). The van der Waals surface area contributed by atoms with Crippen LogP contribution in [0.25, 0.3) is 10.9 Å². The molecule has 0 fully saturated rings. The minimum Gasteiger partial charge on any atom is -0.478 e. The molecular weight excluding hydrogens is 330 g/mol. The maximum Gasteiger partial charge on any atom is 0.336 e. The van der Waals surface area contributed by atoms with E-state index in [0.717, 1.165) is 27.7 Å². The Morgan fingerprint density at radius 2 is 1.95 bits per heavy atom. The van der Waals surface area contributed by atoms with Crippen LogP contribution in [-0.2, 0) is 6.42 Å². The van der Waals surface area contributed by atoms with E-state index in [0.29, 0.717) is 16.9 Å². The van der Waals surface area contributed by atoms with Crippen molar-refractivity contribution in [2.75, 3.05) is 0 Å². The van der Waals surface area contributed by atoms with Crippen molar-refractivity contribution in [3.63, 3.8) is 0 Å². The van der Waals surface area contributed by atoms with Gasteiger partial charge in [0.15, 0.2) is 0 Å². The smallest absolute Gasteiger partial charge is 0.336 e. The van der Waals surface area contributed by atoms with Crippen LogP contribution in [0.2, 0.25) is 0 Å². The van der Waals surface area contributed by atoms with Crippen molar-refractivity contribution in [3.8, 4) is 0 Å². The number of benzene rings is 1. The van der Waals surface area contributed by atoms with Gasteiger partial charge in [-0.05, 0) is 36.0 Å². The second-order valence-electron chi connectivity index (χ2n) is 6.07. The van der Waals surface area contributed by atoms with Gasteiger partial charge >= 0.3 is 5.97 Å². The van der Waals surface area contributed by atoms with Crippen LogP contribution >= 0.6 is 15.9 Å². The molecule has 0 aliphatic heterocycles. The molecule has 3 nitrogen and oxygen atoms in total. The molecule has 0 unspecified atom stereocenters. The maximum atomic E-state index is 11.8. The first-order valence-electron chi connectivity index (χ1n) is 7.16. The third kappa shape index (κ3) is 3.26. The van der Waals surface area contributed by atoms with Crippen molar-refractivity contribution in [2.24, 2.45) is 5.92 Å². The Morgan fingerprint density at radius 3 is 2.48 bits per heavy atom. The van der Waals surface area contributed by atoms with Gasteiger partial charge in [-0.15, -0.1) is 0 Å². The lowest BCUT2D eigenvalue weighted by Gasteiger charge is -2.18. The first-order chi connectivity index (χ1) is 9.81. The molecule has 0 aliphatic rings. The van der Waals surface area contributed by atoms with Crippen molar-refractivity contribution < 1.29 is 9.90 Å². The molecule has 2 aromatic rings. The quantitative estimate of drug-likeness (QED) is 0.843. The molecule has 1 aromatic heterocycles. The molecule has 0 atom stereocenters. The predicted molar refractivity (Wildman–Crippen MR) is 89.0 cm³/mol.